The van der Waals surface area contributed by atoms with Crippen LogP contribution >= 0.6 is 15.9 Å². The van der Waals surface area contributed by atoms with Crippen LogP contribution in [-0.2, 0) is 9.53 Å². The fourth-order valence-electron chi connectivity index (χ4n) is 4.45. The van der Waals surface area contributed by atoms with Crippen molar-refractivity contribution in [2.45, 2.75) is 18.9 Å². The van der Waals surface area contributed by atoms with Crippen LogP contribution in [0.15, 0.2) is 95.2 Å². The third-order valence-corrected chi connectivity index (χ3v) is 7.15. The fraction of sp³-hybridized carbons (Fsp3) is 0.194. The van der Waals surface area contributed by atoms with Gasteiger partial charge in [0, 0.05) is 36.0 Å². The Bertz CT molecular complexity index is 1510. The van der Waals surface area contributed by atoms with Gasteiger partial charge in [0.05, 0.1) is 23.4 Å². The van der Waals surface area contributed by atoms with Crippen molar-refractivity contribution < 1.29 is 19.1 Å². The molecule has 1 fully saturated rings. The van der Waals surface area contributed by atoms with Crippen molar-refractivity contribution in [2.75, 3.05) is 20.3 Å². The number of hydrogen-bond acceptors (Lipinski definition) is 5. The van der Waals surface area contributed by atoms with Crippen LogP contribution in [0.5, 0.6) is 5.75 Å². The fourth-order valence-corrected chi connectivity index (χ4v) is 4.99. The van der Waals surface area contributed by atoms with E-state index >= 15 is 0 Å². The van der Waals surface area contributed by atoms with E-state index in [-0.39, 0.29) is 17.7 Å². The maximum Gasteiger partial charge on any atom is 0.267 e. The predicted octanol–water partition coefficient (Wildman–Crippen LogP) is 5.38. The second kappa shape index (κ2) is 12.8. The highest BCUT2D eigenvalue weighted by molar-refractivity contribution is 9.10. The minimum atomic E-state index is -0.408. The van der Waals surface area contributed by atoms with E-state index in [0.29, 0.717) is 35.7 Å². The zero-order chi connectivity index (χ0) is 27.9. The first-order valence-corrected chi connectivity index (χ1v) is 13.8. The van der Waals surface area contributed by atoms with Crippen LogP contribution in [-0.4, -0.2) is 48.0 Å². The van der Waals surface area contributed by atoms with Crippen molar-refractivity contribution in [1.82, 2.24) is 20.4 Å². The summed E-state index contributed by atoms with van der Waals surface area (Å²) in [4.78, 5) is 26.5. The van der Waals surface area contributed by atoms with Gasteiger partial charge in [-0.15, -0.1) is 0 Å². The predicted molar refractivity (Wildman–Crippen MR) is 157 cm³/mol. The maximum atomic E-state index is 13.4. The topological polar surface area (TPSA) is 94.5 Å². The van der Waals surface area contributed by atoms with Crippen molar-refractivity contribution in [3.05, 3.63) is 106 Å². The summed E-state index contributed by atoms with van der Waals surface area (Å²) in [5.74, 6) is -0.106. The molecule has 9 heteroatoms. The first-order valence-electron chi connectivity index (χ1n) is 13.0. The molecular weight excluding hydrogens is 572 g/mol. The summed E-state index contributed by atoms with van der Waals surface area (Å²) in [5.41, 5.74) is 3.49. The van der Waals surface area contributed by atoms with Crippen molar-refractivity contribution in [3.8, 4) is 22.7 Å². The van der Waals surface area contributed by atoms with E-state index in [2.05, 4.69) is 26.6 Å². The van der Waals surface area contributed by atoms with Gasteiger partial charge in [0.25, 0.3) is 11.8 Å². The van der Waals surface area contributed by atoms with Crippen molar-refractivity contribution in [3.63, 3.8) is 0 Å². The number of methoxy groups -OCH3 is 1. The van der Waals surface area contributed by atoms with Gasteiger partial charge in [-0.05, 0) is 77.3 Å². The Kier molecular flexibility index (Phi) is 8.73. The van der Waals surface area contributed by atoms with E-state index in [9.17, 15) is 9.59 Å². The summed E-state index contributed by atoms with van der Waals surface area (Å²) in [7, 11) is 1.61. The van der Waals surface area contributed by atoms with Gasteiger partial charge in [0.1, 0.15) is 17.1 Å². The van der Waals surface area contributed by atoms with E-state index in [4.69, 9.17) is 14.6 Å². The van der Waals surface area contributed by atoms with Crippen LogP contribution in [0.4, 0.5) is 0 Å². The molecule has 1 aromatic heterocycles. The molecule has 1 aliphatic heterocycles. The normalized spacial score (nSPS) is 15.1. The second-order valence-electron chi connectivity index (χ2n) is 9.29. The summed E-state index contributed by atoms with van der Waals surface area (Å²) >= 11 is 3.56. The summed E-state index contributed by atoms with van der Waals surface area (Å²) in [5, 5.41) is 10.6. The Balaban J connectivity index is 1.55. The van der Waals surface area contributed by atoms with Gasteiger partial charge in [0.2, 0.25) is 0 Å². The minimum Gasteiger partial charge on any atom is -0.496 e. The van der Waals surface area contributed by atoms with Crippen LogP contribution in [0.3, 0.4) is 0 Å². The van der Waals surface area contributed by atoms with Gasteiger partial charge in [0.15, 0.2) is 0 Å². The monoisotopic (exact) mass is 600 g/mol. The van der Waals surface area contributed by atoms with Gasteiger partial charge >= 0.3 is 0 Å². The lowest BCUT2D eigenvalue weighted by molar-refractivity contribution is -0.118. The number of nitrogens with zero attached hydrogens (tertiary/aromatic N) is 2. The van der Waals surface area contributed by atoms with Gasteiger partial charge in [-0.1, -0.05) is 36.4 Å². The molecule has 40 heavy (non-hydrogen) atoms. The lowest BCUT2D eigenvalue weighted by Crippen LogP contribution is -2.38. The van der Waals surface area contributed by atoms with Crippen molar-refractivity contribution >= 4 is 33.8 Å². The molecule has 1 saturated heterocycles. The largest absolute Gasteiger partial charge is 0.496 e. The highest BCUT2D eigenvalue weighted by atomic mass is 79.9. The van der Waals surface area contributed by atoms with Crippen LogP contribution < -0.4 is 15.4 Å². The lowest BCUT2D eigenvalue weighted by atomic mass is 10.1. The molecule has 0 aliphatic carbocycles. The molecule has 2 heterocycles. The van der Waals surface area contributed by atoms with Crippen LogP contribution in [0, 0.1) is 0 Å². The number of para-hydroxylation sites is 1. The highest BCUT2D eigenvalue weighted by Crippen LogP contribution is 2.32. The summed E-state index contributed by atoms with van der Waals surface area (Å²) in [6.45, 7) is 1.05. The zero-order valence-corrected chi connectivity index (χ0v) is 23.6. The highest BCUT2D eigenvalue weighted by Gasteiger charge is 2.21. The Morgan fingerprint density at radius 3 is 2.52 bits per heavy atom. The van der Waals surface area contributed by atoms with Crippen molar-refractivity contribution in [2.24, 2.45) is 0 Å². The van der Waals surface area contributed by atoms with E-state index in [0.717, 1.165) is 28.6 Å². The quantitative estimate of drug-likeness (QED) is 0.252. The molecule has 204 valence electrons. The summed E-state index contributed by atoms with van der Waals surface area (Å²) in [6, 6.07) is 24.1. The van der Waals surface area contributed by atoms with E-state index in [1.165, 1.54) is 0 Å². The number of ether oxygens (including phenoxy) is 2. The molecule has 0 bridgehead atoms. The van der Waals surface area contributed by atoms with E-state index in [1.807, 2.05) is 60.8 Å². The smallest absolute Gasteiger partial charge is 0.267 e. The number of hydrogen-bond donors (Lipinski definition) is 2. The molecule has 1 aliphatic rings. The molecule has 2 amide bonds. The summed E-state index contributed by atoms with van der Waals surface area (Å²) in [6.07, 6.45) is 5.31. The Morgan fingerprint density at radius 2 is 1.85 bits per heavy atom. The first kappa shape index (κ1) is 27.4. The third-order valence-electron chi connectivity index (χ3n) is 6.53. The lowest BCUT2D eigenvalue weighted by Gasteiger charge is -2.14. The molecule has 3 aromatic carbocycles. The van der Waals surface area contributed by atoms with Gasteiger partial charge in [-0.2, -0.15) is 5.10 Å². The van der Waals surface area contributed by atoms with Gasteiger partial charge in [-0.25, -0.2) is 4.68 Å². The third kappa shape index (κ3) is 6.50. The molecule has 0 saturated carbocycles. The molecule has 4 aromatic rings. The zero-order valence-electron chi connectivity index (χ0n) is 22.0. The number of nitrogens with one attached hydrogen (secondary N) is 2. The maximum absolute atomic E-state index is 13.4. The molecule has 2 N–H and O–H groups in total. The van der Waals surface area contributed by atoms with Gasteiger partial charge < -0.3 is 20.1 Å². The van der Waals surface area contributed by atoms with E-state index < -0.39 is 5.91 Å². The number of aromatic nitrogens is 2. The Morgan fingerprint density at radius 1 is 1.10 bits per heavy atom. The molecule has 8 nitrogen and oxygen atoms in total. The average molecular weight is 602 g/mol. The number of amides is 2. The number of halogens is 1. The van der Waals surface area contributed by atoms with Crippen LogP contribution in [0.25, 0.3) is 23.0 Å². The van der Waals surface area contributed by atoms with Crippen molar-refractivity contribution in [1.29, 1.82) is 0 Å². The standard InChI is InChI=1S/C31H29BrN4O4/c1-39-28-15-14-22(17-26(28)32)29-23(20-36(35-29)24-11-6-3-7-12-24)18-27(31(38)33-19-25-13-8-16-40-25)34-30(37)21-9-4-2-5-10-21/h2-7,9-12,14-15,17-18,20,25H,8,13,16,19H2,1H3,(H,33,38)(H,34,37). The molecule has 0 radical (unpaired) electrons. The Hall–Kier alpha value is -4.21. The molecule has 1 atom stereocenters. The minimum absolute atomic E-state index is 0.0388. The number of rotatable bonds is 9. The molecule has 0 spiro atoms. The SMILES string of the molecule is COc1ccc(-c2nn(-c3ccccc3)cc2C=C(NC(=O)c2ccccc2)C(=O)NCC2CCCO2)cc1Br. The van der Waals surface area contributed by atoms with Crippen LogP contribution in [0.1, 0.15) is 28.8 Å². The second-order valence-corrected chi connectivity index (χ2v) is 10.1. The molecule has 1 unspecified atom stereocenters. The number of carbonyl (C=O) groups is 2. The average Bonchev–Trinajstić information content (AvgIpc) is 3.67. The van der Waals surface area contributed by atoms with Crippen LogP contribution in [0.2, 0.25) is 0 Å². The molecule has 5 rings (SSSR count). The Labute approximate surface area is 241 Å². The molecular formula is C31H29BrN4O4. The summed E-state index contributed by atoms with van der Waals surface area (Å²) < 4.78 is 13.6. The van der Waals surface area contributed by atoms with E-state index in [1.54, 1.807) is 42.1 Å². The first-order chi connectivity index (χ1) is 19.5. The number of benzene rings is 3. The van der Waals surface area contributed by atoms with Gasteiger partial charge in [-0.3, -0.25) is 9.59 Å². The number of carbonyl (C=O) groups excluding carboxylic acids is 2.